The van der Waals surface area contributed by atoms with Crippen LogP contribution in [-0.4, -0.2) is 31.7 Å². The van der Waals surface area contributed by atoms with Crippen molar-refractivity contribution in [3.63, 3.8) is 0 Å². The van der Waals surface area contributed by atoms with E-state index in [-0.39, 0.29) is 17.9 Å². The number of nitrogens with one attached hydrogen (secondary N) is 1. The van der Waals surface area contributed by atoms with E-state index in [1.54, 1.807) is 0 Å². The van der Waals surface area contributed by atoms with Crippen molar-refractivity contribution in [3.05, 3.63) is 0 Å². The Labute approximate surface area is 120 Å². The van der Waals surface area contributed by atoms with Crippen LogP contribution < -0.4 is 11.1 Å². The Morgan fingerprint density at radius 1 is 1.10 bits per heavy atom. The molecule has 0 aromatic carbocycles. The Bertz CT molecular complexity index is 374. The van der Waals surface area contributed by atoms with Crippen LogP contribution in [0.3, 0.4) is 0 Å². The first kappa shape index (κ1) is 13.1. The molecule has 0 radical (unpaired) electrons. The topological polar surface area (TPSA) is 64.3 Å². The zero-order chi connectivity index (χ0) is 13.7. The molecule has 1 aliphatic heterocycles. The molecule has 5 aliphatic rings. The lowest BCUT2D eigenvalue weighted by Crippen LogP contribution is -2.52. The highest BCUT2D eigenvalue weighted by molar-refractivity contribution is 5.79. The van der Waals surface area contributed by atoms with Crippen molar-refractivity contribution in [2.45, 2.75) is 44.6 Å². The van der Waals surface area contributed by atoms with E-state index in [1.807, 2.05) is 0 Å². The maximum absolute atomic E-state index is 12.3. The highest BCUT2D eigenvalue weighted by atomic mass is 16.5. The van der Waals surface area contributed by atoms with Gasteiger partial charge in [0.1, 0.15) is 0 Å². The molecule has 3 N–H and O–H groups in total. The Morgan fingerprint density at radius 3 is 2.20 bits per heavy atom. The normalized spacial score (nSPS) is 49.5. The number of hydrogen-bond acceptors (Lipinski definition) is 3. The molecule has 4 heteroatoms. The van der Waals surface area contributed by atoms with Crippen LogP contribution in [0.1, 0.15) is 38.5 Å². The molecular formula is C16H26N2O2. The lowest BCUT2D eigenvalue weighted by atomic mass is 9.49. The lowest BCUT2D eigenvalue weighted by molar-refractivity contribution is -0.127. The van der Waals surface area contributed by atoms with Gasteiger partial charge in [-0.1, -0.05) is 0 Å². The third kappa shape index (κ3) is 2.17. The average molecular weight is 278 g/mol. The summed E-state index contributed by atoms with van der Waals surface area (Å²) < 4.78 is 5.30. The Morgan fingerprint density at radius 2 is 1.70 bits per heavy atom. The summed E-state index contributed by atoms with van der Waals surface area (Å²) in [4.78, 5) is 12.3. The number of carbonyl (C=O) groups excluding carboxylic acids is 1. The van der Waals surface area contributed by atoms with Gasteiger partial charge < -0.3 is 15.8 Å². The molecule has 0 spiro atoms. The van der Waals surface area contributed by atoms with Gasteiger partial charge >= 0.3 is 0 Å². The average Bonchev–Trinajstić information content (AvgIpc) is 2.81. The van der Waals surface area contributed by atoms with Gasteiger partial charge in [0, 0.05) is 12.6 Å². The van der Waals surface area contributed by atoms with Crippen LogP contribution in [0.25, 0.3) is 0 Å². The molecule has 20 heavy (non-hydrogen) atoms. The number of rotatable bonds is 3. The molecule has 0 aromatic heterocycles. The molecule has 2 unspecified atom stereocenters. The number of amides is 1. The van der Waals surface area contributed by atoms with Crippen molar-refractivity contribution in [2.75, 3.05) is 19.8 Å². The van der Waals surface area contributed by atoms with Crippen LogP contribution in [0.5, 0.6) is 0 Å². The summed E-state index contributed by atoms with van der Waals surface area (Å²) in [7, 11) is 0. The van der Waals surface area contributed by atoms with Crippen molar-refractivity contribution in [3.8, 4) is 0 Å². The first-order valence-electron chi connectivity index (χ1n) is 8.25. The van der Waals surface area contributed by atoms with E-state index in [9.17, 15) is 4.79 Å². The van der Waals surface area contributed by atoms with Crippen molar-refractivity contribution in [2.24, 2.45) is 34.8 Å². The molecule has 4 nitrogen and oxygen atoms in total. The fourth-order valence-corrected chi connectivity index (χ4v) is 5.75. The summed E-state index contributed by atoms with van der Waals surface area (Å²) in [5, 5.41) is 3.21. The SMILES string of the molecule is NC1COCC1C(=O)NCC12CC3CC(CC(C3)C1)C2. The predicted octanol–water partition coefficient (Wildman–Crippen LogP) is 1.29. The first-order chi connectivity index (χ1) is 9.63. The number of nitrogens with two attached hydrogens (primary N) is 1. The van der Waals surface area contributed by atoms with Crippen LogP contribution in [0.4, 0.5) is 0 Å². The number of carbonyl (C=O) groups is 1. The van der Waals surface area contributed by atoms with E-state index in [0.717, 1.165) is 24.3 Å². The van der Waals surface area contributed by atoms with Crippen molar-refractivity contribution in [1.29, 1.82) is 0 Å². The van der Waals surface area contributed by atoms with Gasteiger partial charge in [-0.15, -0.1) is 0 Å². The number of hydrogen-bond donors (Lipinski definition) is 2. The summed E-state index contributed by atoms with van der Waals surface area (Å²) in [5.74, 6) is 2.80. The van der Waals surface area contributed by atoms with Gasteiger partial charge in [0.2, 0.25) is 5.91 Å². The number of ether oxygens (including phenoxy) is 1. The fraction of sp³-hybridized carbons (Fsp3) is 0.938. The van der Waals surface area contributed by atoms with Gasteiger partial charge in [0.25, 0.3) is 0 Å². The molecule has 4 bridgehead atoms. The van der Waals surface area contributed by atoms with Crippen LogP contribution in [0, 0.1) is 29.1 Å². The molecule has 2 atom stereocenters. The van der Waals surface area contributed by atoms with Gasteiger partial charge in [-0.2, -0.15) is 0 Å². The standard InChI is InChI=1S/C16H26N2O2/c17-14-8-20-7-13(14)15(19)18-9-16-4-10-1-11(5-16)3-12(2-10)6-16/h10-14H,1-9,17H2,(H,18,19). The molecule has 5 rings (SSSR count). The van der Waals surface area contributed by atoms with Crippen LogP contribution in [0.2, 0.25) is 0 Å². The third-order valence-corrected chi connectivity index (χ3v) is 6.26. The Balaban J connectivity index is 1.38. The minimum atomic E-state index is -0.135. The molecule has 5 fully saturated rings. The summed E-state index contributed by atoms with van der Waals surface area (Å²) in [5.41, 5.74) is 6.34. The van der Waals surface area contributed by atoms with Gasteiger partial charge in [-0.25, -0.2) is 0 Å². The molecule has 1 saturated heterocycles. The van der Waals surface area contributed by atoms with E-state index in [0.29, 0.717) is 18.6 Å². The van der Waals surface area contributed by atoms with E-state index < -0.39 is 0 Å². The predicted molar refractivity (Wildman–Crippen MR) is 75.9 cm³/mol. The first-order valence-corrected chi connectivity index (χ1v) is 8.25. The third-order valence-electron chi connectivity index (χ3n) is 6.26. The maximum Gasteiger partial charge on any atom is 0.227 e. The Kier molecular flexibility index (Phi) is 3.08. The highest BCUT2D eigenvalue weighted by Gasteiger charge is 2.51. The van der Waals surface area contributed by atoms with E-state index in [1.165, 1.54) is 38.5 Å². The van der Waals surface area contributed by atoms with Crippen LogP contribution >= 0.6 is 0 Å². The smallest absolute Gasteiger partial charge is 0.227 e. The van der Waals surface area contributed by atoms with Gasteiger partial charge in [-0.3, -0.25) is 4.79 Å². The molecule has 4 aliphatic carbocycles. The summed E-state index contributed by atoms with van der Waals surface area (Å²) in [6.07, 6.45) is 8.38. The summed E-state index contributed by atoms with van der Waals surface area (Å²) in [6.45, 7) is 1.89. The quantitative estimate of drug-likeness (QED) is 0.817. The molecule has 1 amide bonds. The Hall–Kier alpha value is -0.610. The largest absolute Gasteiger partial charge is 0.379 e. The minimum Gasteiger partial charge on any atom is -0.379 e. The maximum atomic E-state index is 12.3. The molecule has 0 aromatic rings. The van der Waals surface area contributed by atoms with E-state index >= 15 is 0 Å². The van der Waals surface area contributed by atoms with Gasteiger partial charge in [0.05, 0.1) is 19.1 Å². The van der Waals surface area contributed by atoms with Crippen LogP contribution in [-0.2, 0) is 9.53 Å². The van der Waals surface area contributed by atoms with Crippen molar-refractivity contribution in [1.82, 2.24) is 5.32 Å². The van der Waals surface area contributed by atoms with Crippen LogP contribution in [0.15, 0.2) is 0 Å². The monoisotopic (exact) mass is 278 g/mol. The minimum absolute atomic E-state index is 0.116. The fourth-order valence-electron chi connectivity index (χ4n) is 5.75. The zero-order valence-corrected chi connectivity index (χ0v) is 12.1. The summed E-state index contributed by atoms with van der Waals surface area (Å²) >= 11 is 0. The molecule has 4 saturated carbocycles. The second-order valence-corrected chi connectivity index (χ2v) is 7.94. The van der Waals surface area contributed by atoms with E-state index in [4.69, 9.17) is 10.5 Å². The summed E-state index contributed by atoms with van der Waals surface area (Å²) in [6, 6.07) is -0.119. The van der Waals surface area contributed by atoms with Crippen molar-refractivity contribution >= 4 is 5.91 Å². The van der Waals surface area contributed by atoms with Crippen molar-refractivity contribution < 1.29 is 9.53 Å². The zero-order valence-electron chi connectivity index (χ0n) is 12.1. The van der Waals surface area contributed by atoms with E-state index in [2.05, 4.69) is 5.32 Å². The highest BCUT2D eigenvalue weighted by Crippen LogP contribution is 2.59. The second-order valence-electron chi connectivity index (χ2n) is 7.94. The molecule has 112 valence electrons. The second kappa shape index (κ2) is 4.70. The molecular weight excluding hydrogens is 252 g/mol. The lowest BCUT2D eigenvalue weighted by Gasteiger charge is -2.57. The van der Waals surface area contributed by atoms with Gasteiger partial charge in [-0.05, 0) is 61.7 Å². The van der Waals surface area contributed by atoms with Gasteiger partial charge in [0.15, 0.2) is 0 Å². The molecule has 1 heterocycles.